The van der Waals surface area contributed by atoms with E-state index in [0.717, 1.165) is 0 Å². The van der Waals surface area contributed by atoms with E-state index in [1.54, 1.807) is 48.7 Å². The number of H-pyrrole nitrogens is 2. The summed E-state index contributed by atoms with van der Waals surface area (Å²) >= 11 is 0. The summed E-state index contributed by atoms with van der Waals surface area (Å²) in [4.78, 5) is 17.7. The van der Waals surface area contributed by atoms with Gasteiger partial charge >= 0.3 is 0 Å². The molecule has 0 saturated heterocycles. The molecule has 0 atom stereocenters. The molecule has 0 aliphatic heterocycles. The van der Waals surface area contributed by atoms with Gasteiger partial charge in [-0.15, -0.1) is 0 Å². The third-order valence-corrected chi connectivity index (χ3v) is 5.22. The molecule has 3 N–H and O–H groups in total. The van der Waals surface area contributed by atoms with E-state index in [9.17, 15) is 13.2 Å². The molecule has 0 unspecified atom stereocenters. The third kappa shape index (κ3) is 2.35. The fourth-order valence-electron chi connectivity index (χ4n) is 2.71. The summed E-state index contributed by atoms with van der Waals surface area (Å²) in [6.45, 7) is 0. The molecule has 6 nitrogen and oxygen atoms in total. The number of nitrogens with one attached hydrogen (secondary N) is 3. The average molecular weight is 339 g/mol. The van der Waals surface area contributed by atoms with Crippen LogP contribution in [0.1, 0.15) is 0 Å². The van der Waals surface area contributed by atoms with Crippen molar-refractivity contribution in [2.45, 2.75) is 4.90 Å². The van der Waals surface area contributed by atoms with Crippen LogP contribution in [-0.4, -0.2) is 18.4 Å². The number of pyridine rings is 1. The number of hydrogen-bond acceptors (Lipinski definition) is 3. The molecule has 120 valence electrons. The van der Waals surface area contributed by atoms with E-state index in [1.807, 2.05) is 6.07 Å². The molecule has 4 aromatic rings. The molecule has 0 spiro atoms. The van der Waals surface area contributed by atoms with Crippen LogP contribution >= 0.6 is 0 Å². The number of fused-ring (bicyclic) bond motifs is 3. The van der Waals surface area contributed by atoms with Crippen LogP contribution in [-0.2, 0) is 10.0 Å². The summed E-state index contributed by atoms with van der Waals surface area (Å²) in [6.07, 6.45) is 1.66. The lowest BCUT2D eigenvalue weighted by Crippen LogP contribution is -2.13. The van der Waals surface area contributed by atoms with Crippen LogP contribution in [0, 0.1) is 0 Å². The number of aromatic nitrogens is 2. The molecule has 0 bridgehead atoms. The van der Waals surface area contributed by atoms with E-state index < -0.39 is 10.0 Å². The van der Waals surface area contributed by atoms with E-state index in [0.29, 0.717) is 27.5 Å². The summed E-state index contributed by atoms with van der Waals surface area (Å²) in [5, 5.41) is 1.35. The molecule has 4 rings (SSSR count). The monoisotopic (exact) mass is 339 g/mol. The Balaban J connectivity index is 1.88. The lowest BCUT2D eigenvalue weighted by Gasteiger charge is -2.09. The Labute approximate surface area is 137 Å². The Morgan fingerprint density at radius 1 is 0.917 bits per heavy atom. The first kappa shape index (κ1) is 14.5. The summed E-state index contributed by atoms with van der Waals surface area (Å²) in [5.41, 5.74) is 1.27. The molecule has 7 heteroatoms. The van der Waals surface area contributed by atoms with Crippen molar-refractivity contribution in [3.05, 3.63) is 71.1 Å². The maximum atomic E-state index is 12.6. The zero-order valence-electron chi connectivity index (χ0n) is 12.4. The molecule has 0 aliphatic carbocycles. The van der Waals surface area contributed by atoms with E-state index in [2.05, 4.69) is 14.7 Å². The normalized spacial score (nSPS) is 11.8. The molecule has 0 fully saturated rings. The van der Waals surface area contributed by atoms with Crippen LogP contribution in [0.2, 0.25) is 0 Å². The minimum absolute atomic E-state index is 0.133. The van der Waals surface area contributed by atoms with Gasteiger partial charge in [-0.3, -0.25) is 9.52 Å². The van der Waals surface area contributed by atoms with Crippen LogP contribution in [0.15, 0.2) is 70.5 Å². The molecule has 2 aromatic carbocycles. The van der Waals surface area contributed by atoms with E-state index in [1.165, 1.54) is 6.07 Å². The van der Waals surface area contributed by atoms with Gasteiger partial charge in [0.25, 0.3) is 15.6 Å². The lowest BCUT2D eigenvalue weighted by atomic mass is 10.1. The number of para-hydroxylation sites is 1. The summed E-state index contributed by atoms with van der Waals surface area (Å²) in [5.74, 6) is 0. The highest BCUT2D eigenvalue weighted by Crippen LogP contribution is 2.24. The first-order valence-electron chi connectivity index (χ1n) is 7.26. The van der Waals surface area contributed by atoms with E-state index >= 15 is 0 Å². The second-order valence-corrected chi connectivity index (χ2v) is 7.08. The van der Waals surface area contributed by atoms with Gasteiger partial charge in [-0.2, -0.15) is 0 Å². The fourth-order valence-corrected chi connectivity index (χ4v) is 3.79. The van der Waals surface area contributed by atoms with Crippen molar-refractivity contribution in [3.63, 3.8) is 0 Å². The van der Waals surface area contributed by atoms with E-state index in [4.69, 9.17) is 0 Å². The second-order valence-electron chi connectivity index (χ2n) is 5.40. The Kier molecular flexibility index (Phi) is 3.17. The molecule has 2 aromatic heterocycles. The number of hydrogen-bond donors (Lipinski definition) is 3. The molecule has 24 heavy (non-hydrogen) atoms. The Bertz CT molecular complexity index is 1210. The molecular weight excluding hydrogens is 326 g/mol. The smallest absolute Gasteiger partial charge is 0.272 e. The first-order chi connectivity index (χ1) is 11.5. The summed E-state index contributed by atoms with van der Waals surface area (Å²) in [7, 11) is -3.72. The maximum Gasteiger partial charge on any atom is 0.272 e. The zero-order valence-corrected chi connectivity index (χ0v) is 13.2. The molecular formula is C17H13N3O3S. The number of benzene rings is 2. The molecule has 0 amide bonds. The predicted molar refractivity (Wildman–Crippen MR) is 93.7 cm³/mol. The Morgan fingerprint density at radius 2 is 1.71 bits per heavy atom. The van der Waals surface area contributed by atoms with E-state index in [-0.39, 0.29) is 10.5 Å². The van der Waals surface area contributed by atoms with Gasteiger partial charge in [-0.25, -0.2) is 8.42 Å². The van der Waals surface area contributed by atoms with Gasteiger partial charge in [0.1, 0.15) is 5.52 Å². The molecule has 0 radical (unpaired) electrons. The highest BCUT2D eigenvalue weighted by molar-refractivity contribution is 7.92. The molecule has 0 saturated carbocycles. The van der Waals surface area contributed by atoms with Crippen molar-refractivity contribution in [3.8, 4) is 0 Å². The van der Waals surface area contributed by atoms with Gasteiger partial charge in [0.2, 0.25) is 0 Å². The van der Waals surface area contributed by atoms with Gasteiger partial charge in [-0.05, 0) is 36.4 Å². The highest BCUT2D eigenvalue weighted by atomic mass is 32.2. The third-order valence-electron chi connectivity index (χ3n) is 3.84. The van der Waals surface area contributed by atoms with Crippen LogP contribution in [0.5, 0.6) is 0 Å². The van der Waals surface area contributed by atoms with Crippen molar-refractivity contribution in [1.29, 1.82) is 0 Å². The average Bonchev–Trinajstić information content (AvgIpc) is 3.06. The van der Waals surface area contributed by atoms with Crippen LogP contribution < -0.4 is 10.3 Å². The standard InChI is InChI=1S/C17H13N3O3S/c21-17-16-13(8-9-18-16)14-10-12(6-7-15(14)19-17)24(22,23)20-11-4-2-1-3-5-11/h1-10,18,20H,(H,19,21). The first-order valence-corrected chi connectivity index (χ1v) is 8.74. The highest BCUT2D eigenvalue weighted by Gasteiger charge is 2.16. The van der Waals surface area contributed by atoms with Crippen molar-refractivity contribution in [2.24, 2.45) is 0 Å². The largest absolute Gasteiger partial charge is 0.357 e. The van der Waals surface area contributed by atoms with Gasteiger partial charge < -0.3 is 9.97 Å². The number of aromatic amines is 2. The topological polar surface area (TPSA) is 94.8 Å². The van der Waals surface area contributed by atoms with Crippen molar-refractivity contribution >= 4 is 37.5 Å². The van der Waals surface area contributed by atoms with Gasteiger partial charge in [0.15, 0.2) is 0 Å². The van der Waals surface area contributed by atoms with Crippen LogP contribution in [0.4, 0.5) is 5.69 Å². The SMILES string of the molecule is O=c1[nH]c2ccc(S(=O)(=O)Nc3ccccc3)cc2c2cc[nH]c12. The number of anilines is 1. The van der Waals surface area contributed by atoms with Crippen molar-refractivity contribution in [1.82, 2.24) is 9.97 Å². The predicted octanol–water partition coefficient (Wildman–Crippen LogP) is 2.81. The minimum Gasteiger partial charge on any atom is -0.357 e. The van der Waals surface area contributed by atoms with Crippen molar-refractivity contribution in [2.75, 3.05) is 4.72 Å². The lowest BCUT2D eigenvalue weighted by molar-refractivity contribution is 0.601. The quantitative estimate of drug-likeness (QED) is 0.535. The van der Waals surface area contributed by atoms with Gasteiger partial charge in [-0.1, -0.05) is 18.2 Å². The van der Waals surface area contributed by atoms with Crippen molar-refractivity contribution < 1.29 is 8.42 Å². The fraction of sp³-hybridized carbons (Fsp3) is 0. The summed E-state index contributed by atoms with van der Waals surface area (Å²) in [6, 6.07) is 15.1. The second kappa shape index (κ2) is 5.24. The number of rotatable bonds is 3. The van der Waals surface area contributed by atoms with Crippen LogP contribution in [0.3, 0.4) is 0 Å². The molecule has 0 aliphatic rings. The number of sulfonamides is 1. The van der Waals surface area contributed by atoms with Gasteiger partial charge in [0.05, 0.1) is 4.90 Å². The zero-order chi connectivity index (χ0) is 16.7. The Morgan fingerprint density at radius 3 is 2.50 bits per heavy atom. The van der Waals surface area contributed by atoms with Crippen LogP contribution in [0.25, 0.3) is 21.8 Å². The minimum atomic E-state index is -3.72. The molecule has 2 heterocycles. The van der Waals surface area contributed by atoms with Gasteiger partial charge in [0, 0.05) is 28.2 Å². The Hall–Kier alpha value is -3.06. The maximum absolute atomic E-state index is 12.6. The summed E-state index contributed by atoms with van der Waals surface area (Å²) < 4.78 is 27.7.